The summed E-state index contributed by atoms with van der Waals surface area (Å²) in [6.07, 6.45) is -0.0260. The summed E-state index contributed by atoms with van der Waals surface area (Å²) in [4.78, 5) is 10.5. The van der Waals surface area contributed by atoms with Crippen molar-refractivity contribution in [1.82, 2.24) is 19.8 Å². The number of hydrogen-bond donors (Lipinski definition) is 1. The van der Waals surface area contributed by atoms with Gasteiger partial charge in [-0.2, -0.15) is 4.68 Å². The second kappa shape index (κ2) is 4.88. The molecule has 0 amide bonds. The molecule has 0 fully saturated rings. The van der Waals surface area contributed by atoms with E-state index in [0.717, 1.165) is 5.69 Å². The molecule has 0 unspecified atom stereocenters. The number of tetrazole rings is 1. The van der Waals surface area contributed by atoms with Crippen LogP contribution in [-0.4, -0.2) is 30.9 Å². The molecule has 0 aliphatic heterocycles. The van der Waals surface area contributed by atoms with Crippen molar-refractivity contribution in [3.63, 3.8) is 0 Å². The van der Waals surface area contributed by atoms with Crippen LogP contribution in [0.3, 0.4) is 0 Å². The third-order valence-electron chi connectivity index (χ3n) is 2.18. The number of aryl methyl sites for hydroxylation is 1. The predicted octanol–water partition coefficient (Wildman–Crippen LogP) is 1.27. The molecule has 17 heavy (non-hydrogen) atoms. The van der Waals surface area contributed by atoms with Crippen molar-refractivity contribution < 1.29 is 9.90 Å². The molecule has 2 rings (SSSR count). The lowest BCUT2D eigenvalue weighted by Crippen LogP contribution is -2.06. The Morgan fingerprint density at radius 1 is 1.29 bits per heavy atom. The summed E-state index contributed by atoms with van der Waals surface area (Å²) in [6, 6.07) is 9.33. The van der Waals surface area contributed by atoms with Crippen molar-refractivity contribution in [2.75, 3.05) is 0 Å². The molecule has 0 saturated carbocycles. The molecular formula is C10H10N4O2S. The van der Waals surface area contributed by atoms with E-state index in [0.29, 0.717) is 4.77 Å². The molecule has 0 bridgehead atoms. The fourth-order valence-corrected chi connectivity index (χ4v) is 1.62. The molecule has 7 heteroatoms. The van der Waals surface area contributed by atoms with Gasteiger partial charge in [-0.15, -0.1) is 0 Å². The van der Waals surface area contributed by atoms with Crippen molar-refractivity contribution in [2.24, 2.45) is 0 Å². The summed E-state index contributed by atoms with van der Waals surface area (Å²) in [6.45, 7) is 0.223. The molecule has 2 aromatic rings. The van der Waals surface area contributed by atoms with Crippen LogP contribution in [0.1, 0.15) is 6.42 Å². The van der Waals surface area contributed by atoms with Crippen molar-refractivity contribution >= 4 is 18.2 Å². The van der Waals surface area contributed by atoms with Gasteiger partial charge >= 0.3 is 5.97 Å². The van der Waals surface area contributed by atoms with Gasteiger partial charge in [-0.3, -0.25) is 4.79 Å². The summed E-state index contributed by atoms with van der Waals surface area (Å²) in [5.74, 6) is -0.888. The van der Waals surface area contributed by atoms with Gasteiger partial charge in [0.15, 0.2) is 0 Å². The zero-order chi connectivity index (χ0) is 12.3. The normalized spacial score (nSPS) is 10.4. The molecule has 0 aliphatic rings. The topological polar surface area (TPSA) is 72.9 Å². The number of rotatable bonds is 4. The third kappa shape index (κ3) is 2.56. The molecule has 0 spiro atoms. The highest BCUT2D eigenvalue weighted by Crippen LogP contribution is 2.05. The maximum absolute atomic E-state index is 10.5. The van der Waals surface area contributed by atoms with Gasteiger partial charge in [-0.25, -0.2) is 4.68 Å². The summed E-state index contributed by atoms with van der Waals surface area (Å²) in [7, 11) is 0. The monoisotopic (exact) mass is 250 g/mol. The van der Waals surface area contributed by atoms with Gasteiger partial charge in [-0.1, -0.05) is 18.2 Å². The number of benzene rings is 1. The van der Waals surface area contributed by atoms with Crippen LogP contribution in [0.5, 0.6) is 0 Å². The Kier molecular flexibility index (Phi) is 3.29. The molecule has 0 radical (unpaired) electrons. The van der Waals surface area contributed by atoms with Gasteiger partial charge in [0.1, 0.15) is 0 Å². The smallest absolute Gasteiger partial charge is 0.305 e. The average molecular weight is 250 g/mol. The van der Waals surface area contributed by atoms with Crippen LogP contribution in [0.15, 0.2) is 30.3 Å². The highest BCUT2D eigenvalue weighted by molar-refractivity contribution is 7.71. The Hall–Kier alpha value is -2.02. The zero-order valence-corrected chi connectivity index (χ0v) is 9.67. The second-order valence-electron chi connectivity index (χ2n) is 3.38. The Morgan fingerprint density at radius 2 is 2.00 bits per heavy atom. The SMILES string of the molecule is O=C(O)CCn1nnn(-c2ccccc2)c1=S. The van der Waals surface area contributed by atoms with Crippen LogP contribution in [0.4, 0.5) is 0 Å². The molecule has 0 saturated heterocycles. The second-order valence-corrected chi connectivity index (χ2v) is 3.74. The molecule has 0 aliphatic carbocycles. The lowest BCUT2D eigenvalue weighted by atomic mass is 10.3. The number of nitrogens with zero attached hydrogens (tertiary/aromatic N) is 4. The highest BCUT2D eigenvalue weighted by atomic mass is 32.1. The first-order valence-electron chi connectivity index (χ1n) is 4.98. The van der Waals surface area contributed by atoms with Gasteiger partial charge in [0.05, 0.1) is 18.7 Å². The Morgan fingerprint density at radius 3 is 2.65 bits per heavy atom. The number of carboxylic acid groups (broad SMARTS) is 1. The van der Waals surface area contributed by atoms with E-state index in [1.54, 1.807) is 0 Å². The van der Waals surface area contributed by atoms with Crippen LogP contribution in [-0.2, 0) is 11.3 Å². The lowest BCUT2D eigenvalue weighted by molar-refractivity contribution is -0.137. The highest BCUT2D eigenvalue weighted by Gasteiger charge is 2.06. The van der Waals surface area contributed by atoms with E-state index in [1.807, 2.05) is 30.3 Å². The summed E-state index contributed by atoms with van der Waals surface area (Å²) < 4.78 is 3.28. The summed E-state index contributed by atoms with van der Waals surface area (Å²) in [5.41, 5.74) is 0.805. The third-order valence-corrected chi connectivity index (χ3v) is 2.56. The van der Waals surface area contributed by atoms with E-state index in [9.17, 15) is 4.79 Å². The van der Waals surface area contributed by atoms with E-state index in [-0.39, 0.29) is 13.0 Å². The quantitative estimate of drug-likeness (QED) is 0.827. The Balaban J connectivity index is 2.27. The van der Waals surface area contributed by atoms with Crippen molar-refractivity contribution in [1.29, 1.82) is 0 Å². The van der Waals surface area contributed by atoms with Crippen LogP contribution in [0, 0.1) is 4.77 Å². The van der Waals surface area contributed by atoms with Crippen LogP contribution < -0.4 is 0 Å². The number of carbonyl (C=O) groups is 1. The van der Waals surface area contributed by atoms with E-state index in [2.05, 4.69) is 10.4 Å². The largest absolute Gasteiger partial charge is 0.481 e. The summed E-state index contributed by atoms with van der Waals surface area (Å²) in [5, 5.41) is 16.3. The first kappa shape index (κ1) is 11.5. The molecule has 6 nitrogen and oxygen atoms in total. The summed E-state index contributed by atoms with van der Waals surface area (Å²) >= 11 is 5.17. The Labute approximate surface area is 102 Å². The van der Waals surface area contributed by atoms with Gasteiger partial charge < -0.3 is 5.11 Å². The van der Waals surface area contributed by atoms with Crippen molar-refractivity contribution in [3.05, 3.63) is 35.1 Å². The molecular weight excluding hydrogens is 240 g/mol. The molecule has 88 valence electrons. The minimum atomic E-state index is -0.888. The van der Waals surface area contributed by atoms with Crippen molar-refractivity contribution in [3.8, 4) is 5.69 Å². The van der Waals surface area contributed by atoms with E-state index >= 15 is 0 Å². The maximum Gasteiger partial charge on any atom is 0.305 e. The molecule has 1 aromatic carbocycles. The molecule has 0 atom stereocenters. The first-order chi connectivity index (χ1) is 8.18. The fraction of sp³-hybridized carbons (Fsp3) is 0.200. The standard InChI is InChI=1S/C10H10N4O2S/c15-9(16)6-7-13-10(17)14(12-11-13)8-4-2-1-3-5-8/h1-5H,6-7H2,(H,15,16). The molecule has 1 heterocycles. The van der Waals surface area contributed by atoms with Gasteiger partial charge in [-0.05, 0) is 34.8 Å². The number of aromatic nitrogens is 4. The zero-order valence-electron chi connectivity index (χ0n) is 8.85. The molecule has 1 aromatic heterocycles. The predicted molar refractivity (Wildman–Crippen MR) is 62.4 cm³/mol. The van der Waals surface area contributed by atoms with Gasteiger partial charge in [0.25, 0.3) is 0 Å². The van der Waals surface area contributed by atoms with Crippen LogP contribution in [0.25, 0.3) is 5.69 Å². The fourth-order valence-electron chi connectivity index (χ4n) is 1.35. The number of carboxylic acids is 1. The van der Waals surface area contributed by atoms with Crippen LogP contribution >= 0.6 is 12.2 Å². The number of hydrogen-bond acceptors (Lipinski definition) is 4. The minimum absolute atomic E-state index is 0.0260. The first-order valence-corrected chi connectivity index (χ1v) is 5.39. The maximum atomic E-state index is 10.5. The van der Waals surface area contributed by atoms with E-state index in [4.69, 9.17) is 17.3 Å². The van der Waals surface area contributed by atoms with Gasteiger partial charge in [0, 0.05) is 0 Å². The lowest BCUT2D eigenvalue weighted by Gasteiger charge is -1.98. The van der Waals surface area contributed by atoms with Gasteiger partial charge in [0.2, 0.25) is 4.77 Å². The van der Waals surface area contributed by atoms with E-state index in [1.165, 1.54) is 9.36 Å². The minimum Gasteiger partial charge on any atom is -0.481 e. The number of aliphatic carboxylic acids is 1. The van der Waals surface area contributed by atoms with E-state index < -0.39 is 5.97 Å². The Bertz CT molecular complexity index is 575. The van der Waals surface area contributed by atoms with Crippen LogP contribution in [0.2, 0.25) is 0 Å². The average Bonchev–Trinajstić information content (AvgIpc) is 2.69. The number of para-hydroxylation sites is 1. The van der Waals surface area contributed by atoms with Crippen molar-refractivity contribution in [2.45, 2.75) is 13.0 Å². The molecule has 1 N–H and O–H groups in total.